The summed E-state index contributed by atoms with van der Waals surface area (Å²) in [6.45, 7) is 11.9. The van der Waals surface area contributed by atoms with E-state index in [2.05, 4.69) is 0 Å². The van der Waals surface area contributed by atoms with Crippen LogP contribution in [0.1, 0.15) is 52.7 Å². The highest BCUT2D eigenvalue weighted by molar-refractivity contribution is 5.99. The van der Waals surface area contributed by atoms with Gasteiger partial charge in [-0.3, -0.25) is 0 Å². The molecule has 0 heterocycles. The van der Waals surface area contributed by atoms with Crippen LogP contribution >= 0.6 is 0 Å². The normalized spacial score (nSPS) is 12.8. The second kappa shape index (κ2) is 5.22. The predicted molar refractivity (Wildman–Crippen MR) is 92.5 cm³/mol. The molecule has 0 fully saturated rings. The number of benzene rings is 2. The van der Waals surface area contributed by atoms with E-state index in [1.807, 2.05) is 41.5 Å². The Morgan fingerprint density at radius 2 is 1.26 bits per heavy atom. The average molecular weight is 318 g/mol. The van der Waals surface area contributed by atoms with Crippen molar-refractivity contribution in [2.45, 2.75) is 53.4 Å². The lowest BCUT2D eigenvalue weighted by Gasteiger charge is -2.24. The highest BCUT2D eigenvalue weighted by Crippen LogP contribution is 2.49. The minimum atomic E-state index is -0.400. The number of phenolic OH excluding ortho intramolecular Hbond substituents is 4. The monoisotopic (exact) mass is 318 g/mol. The quantitative estimate of drug-likeness (QED) is 0.582. The van der Waals surface area contributed by atoms with Crippen molar-refractivity contribution in [3.8, 4) is 23.0 Å². The summed E-state index contributed by atoms with van der Waals surface area (Å²) in [7, 11) is 0. The van der Waals surface area contributed by atoms with Crippen LogP contribution in [0.15, 0.2) is 12.1 Å². The molecule has 23 heavy (non-hydrogen) atoms. The number of aromatic hydroxyl groups is 4. The molecule has 4 heteroatoms. The fraction of sp³-hybridized carbons (Fsp3) is 0.474. The Kier molecular flexibility index (Phi) is 3.92. The van der Waals surface area contributed by atoms with Gasteiger partial charge in [-0.1, -0.05) is 41.5 Å². The lowest BCUT2D eigenvalue weighted by Crippen LogP contribution is -2.12. The van der Waals surface area contributed by atoms with Crippen molar-refractivity contribution < 1.29 is 20.4 Å². The highest BCUT2D eigenvalue weighted by atomic mass is 16.3. The second-order valence-corrected chi connectivity index (χ2v) is 8.44. The Morgan fingerprint density at radius 1 is 0.739 bits per heavy atom. The zero-order valence-corrected chi connectivity index (χ0v) is 14.7. The van der Waals surface area contributed by atoms with Crippen LogP contribution in [0.3, 0.4) is 0 Å². The van der Waals surface area contributed by atoms with Crippen LogP contribution in [-0.2, 0) is 11.8 Å². The predicted octanol–water partition coefficient (Wildman–Crippen LogP) is 4.55. The lowest BCUT2D eigenvalue weighted by atomic mass is 9.83. The van der Waals surface area contributed by atoms with Crippen LogP contribution in [0, 0.1) is 5.41 Å². The van der Waals surface area contributed by atoms with Crippen LogP contribution < -0.4 is 0 Å². The smallest absolute Gasteiger partial charge is 0.169 e. The van der Waals surface area contributed by atoms with Gasteiger partial charge in [0.15, 0.2) is 23.0 Å². The van der Waals surface area contributed by atoms with E-state index < -0.39 is 11.5 Å². The minimum Gasteiger partial charge on any atom is -0.504 e. The summed E-state index contributed by atoms with van der Waals surface area (Å²) in [5.74, 6) is -1.30. The zero-order chi connectivity index (χ0) is 17.7. The number of hydrogen-bond donors (Lipinski definition) is 4. The molecule has 4 nitrogen and oxygen atoms in total. The molecular weight excluding hydrogens is 292 g/mol. The Morgan fingerprint density at radius 3 is 1.74 bits per heavy atom. The molecule has 4 N–H and O–H groups in total. The molecule has 0 radical (unpaired) electrons. The third kappa shape index (κ3) is 3.16. The first-order valence-electron chi connectivity index (χ1n) is 7.76. The summed E-state index contributed by atoms with van der Waals surface area (Å²) >= 11 is 0. The summed E-state index contributed by atoms with van der Waals surface area (Å²) < 4.78 is 0. The van der Waals surface area contributed by atoms with Crippen LogP contribution in [0.2, 0.25) is 0 Å². The fourth-order valence-corrected chi connectivity index (χ4v) is 2.85. The van der Waals surface area contributed by atoms with E-state index in [9.17, 15) is 20.4 Å². The van der Waals surface area contributed by atoms with Gasteiger partial charge >= 0.3 is 0 Å². The Labute approximate surface area is 137 Å². The van der Waals surface area contributed by atoms with E-state index in [0.29, 0.717) is 22.9 Å². The summed E-state index contributed by atoms with van der Waals surface area (Å²) in [5, 5.41) is 41.8. The lowest BCUT2D eigenvalue weighted by molar-refractivity contribution is 0.373. The van der Waals surface area contributed by atoms with E-state index in [-0.39, 0.29) is 27.7 Å². The van der Waals surface area contributed by atoms with Crippen molar-refractivity contribution in [2.75, 3.05) is 0 Å². The average Bonchev–Trinajstić information content (AvgIpc) is 2.36. The number of phenols is 4. The molecule has 0 saturated heterocycles. The SMILES string of the molecule is CC(C)(C)Cc1cc2cc(C(C)(C)C)c(O)c(O)c2c(O)c1O. The van der Waals surface area contributed by atoms with Gasteiger partial charge in [-0.25, -0.2) is 0 Å². The van der Waals surface area contributed by atoms with Gasteiger partial charge < -0.3 is 20.4 Å². The number of fused-ring (bicyclic) bond motifs is 1. The molecule has 2 aromatic carbocycles. The van der Waals surface area contributed by atoms with E-state index in [4.69, 9.17) is 0 Å². The van der Waals surface area contributed by atoms with Crippen LogP contribution in [-0.4, -0.2) is 20.4 Å². The summed E-state index contributed by atoms with van der Waals surface area (Å²) in [6.07, 6.45) is 0.578. The first kappa shape index (κ1) is 17.3. The van der Waals surface area contributed by atoms with E-state index in [0.717, 1.165) is 0 Å². The summed E-state index contributed by atoms with van der Waals surface area (Å²) in [6, 6.07) is 3.53. The Hall–Kier alpha value is -2.10. The molecule has 2 aromatic rings. The van der Waals surface area contributed by atoms with E-state index in [1.54, 1.807) is 12.1 Å². The largest absolute Gasteiger partial charge is 0.504 e. The van der Waals surface area contributed by atoms with Crippen molar-refractivity contribution in [2.24, 2.45) is 5.41 Å². The van der Waals surface area contributed by atoms with Crippen LogP contribution in [0.4, 0.5) is 0 Å². The van der Waals surface area contributed by atoms with Gasteiger partial charge in [0.1, 0.15) is 0 Å². The zero-order valence-electron chi connectivity index (χ0n) is 14.7. The van der Waals surface area contributed by atoms with Crippen molar-refractivity contribution in [3.05, 3.63) is 23.3 Å². The molecule has 0 atom stereocenters. The van der Waals surface area contributed by atoms with Gasteiger partial charge in [0, 0.05) is 5.56 Å². The summed E-state index contributed by atoms with van der Waals surface area (Å²) in [5.41, 5.74) is 0.776. The molecule has 0 bridgehead atoms. The fourth-order valence-electron chi connectivity index (χ4n) is 2.85. The third-order valence-electron chi connectivity index (χ3n) is 3.93. The number of hydrogen-bond acceptors (Lipinski definition) is 4. The molecule has 2 rings (SSSR count). The molecule has 0 aliphatic heterocycles. The van der Waals surface area contributed by atoms with Gasteiger partial charge in [0.05, 0.1) is 5.39 Å². The third-order valence-corrected chi connectivity index (χ3v) is 3.93. The summed E-state index contributed by atoms with van der Waals surface area (Å²) in [4.78, 5) is 0. The topological polar surface area (TPSA) is 80.9 Å². The molecule has 0 aromatic heterocycles. The first-order chi connectivity index (χ1) is 10.3. The molecule has 0 aliphatic carbocycles. The highest BCUT2D eigenvalue weighted by Gasteiger charge is 2.26. The van der Waals surface area contributed by atoms with Crippen LogP contribution in [0.5, 0.6) is 23.0 Å². The minimum absolute atomic E-state index is 0.0661. The van der Waals surface area contributed by atoms with Crippen molar-refractivity contribution in [1.29, 1.82) is 0 Å². The van der Waals surface area contributed by atoms with Crippen LogP contribution in [0.25, 0.3) is 10.8 Å². The maximum absolute atomic E-state index is 10.3. The van der Waals surface area contributed by atoms with Gasteiger partial charge in [0.25, 0.3) is 0 Å². The van der Waals surface area contributed by atoms with Gasteiger partial charge in [-0.15, -0.1) is 0 Å². The van der Waals surface area contributed by atoms with Crippen molar-refractivity contribution in [3.63, 3.8) is 0 Å². The molecule has 0 aliphatic rings. The molecule has 0 saturated carbocycles. The van der Waals surface area contributed by atoms with Gasteiger partial charge in [-0.2, -0.15) is 0 Å². The Balaban J connectivity index is 2.84. The maximum atomic E-state index is 10.3. The standard InChI is InChI=1S/C19H26O4/c1-18(2,3)9-11-7-10-8-12(19(4,5)6)15(21)17(23)13(10)16(22)14(11)20/h7-8,20-23H,9H2,1-6H3. The molecular formula is C19H26O4. The van der Waals surface area contributed by atoms with E-state index in [1.165, 1.54) is 0 Å². The Bertz CT molecular complexity index is 762. The molecule has 0 spiro atoms. The molecule has 0 unspecified atom stereocenters. The number of rotatable bonds is 1. The van der Waals surface area contributed by atoms with Crippen molar-refractivity contribution >= 4 is 10.8 Å². The molecule has 0 amide bonds. The van der Waals surface area contributed by atoms with E-state index >= 15 is 0 Å². The second-order valence-electron chi connectivity index (χ2n) is 8.44. The van der Waals surface area contributed by atoms with Gasteiger partial charge in [-0.05, 0) is 40.3 Å². The first-order valence-corrected chi connectivity index (χ1v) is 7.76. The van der Waals surface area contributed by atoms with Gasteiger partial charge in [0.2, 0.25) is 0 Å². The van der Waals surface area contributed by atoms with Crippen molar-refractivity contribution in [1.82, 2.24) is 0 Å². The molecule has 126 valence electrons. The maximum Gasteiger partial charge on any atom is 0.169 e.